The van der Waals surface area contributed by atoms with Crippen molar-refractivity contribution in [1.82, 2.24) is 0 Å². The lowest BCUT2D eigenvalue weighted by molar-refractivity contribution is 0.272. The summed E-state index contributed by atoms with van der Waals surface area (Å²) in [5.74, 6) is 1.36. The normalized spacial score (nSPS) is 18.8. The van der Waals surface area contributed by atoms with Crippen molar-refractivity contribution in [2.75, 3.05) is 25.6 Å². The van der Waals surface area contributed by atoms with Gasteiger partial charge in [-0.25, -0.2) is 0 Å². The number of ether oxygens (including phenoxy) is 1. The predicted molar refractivity (Wildman–Crippen MR) is 65.3 cm³/mol. The Labute approximate surface area is 96.4 Å². The highest BCUT2D eigenvalue weighted by atomic mass is 16.5. The second-order valence-electron chi connectivity index (χ2n) is 4.30. The quantitative estimate of drug-likeness (QED) is 0.822. The first-order chi connectivity index (χ1) is 7.77. The first-order valence-electron chi connectivity index (χ1n) is 5.80. The standard InChI is InChI=1S/C13H19NO2/c1-9-3-4-11(16-2)13-12(9)10(6-8-15)5-7-14-13/h3-4,10,14-15H,5-8H2,1-2H3. The molecule has 88 valence electrons. The van der Waals surface area contributed by atoms with Crippen LogP contribution in [0.2, 0.25) is 0 Å². The van der Waals surface area contributed by atoms with Crippen molar-refractivity contribution in [2.45, 2.75) is 25.7 Å². The van der Waals surface area contributed by atoms with Gasteiger partial charge in [0.15, 0.2) is 0 Å². The number of hydrogen-bond donors (Lipinski definition) is 2. The van der Waals surface area contributed by atoms with E-state index >= 15 is 0 Å². The van der Waals surface area contributed by atoms with Gasteiger partial charge in [-0.1, -0.05) is 6.07 Å². The van der Waals surface area contributed by atoms with Crippen molar-refractivity contribution in [3.05, 3.63) is 23.3 Å². The molecule has 1 aliphatic heterocycles. The van der Waals surface area contributed by atoms with Crippen LogP contribution in [0, 0.1) is 6.92 Å². The molecule has 0 amide bonds. The summed E-state index contributed by atoms with van der Waals surface area (Å²) in [6, 6.07) is 4.09. The highest BCUT2D eigenvalue weighted by Gasteiger charge is 2.23. The van der Waals surface area contributed by atoms with Crippen LogP contribution in [0.1, 0.15) is 29.9 Å². The minimum Gasteiger partial charge on any atom is -0.495 e. The highest BCUT2D eigenvalue weighted by molar-refractivity contribution is 5.67. The molecule has 0 aromatic heterocycles. The van der Waals surface area contributed by atoms with Crippen LogP contribution in [0.15, 0.2) is 12.1 Å². The van der Waals surface area contributed by atoms with Gasteiger partial charge in [0.1, 0.15) is 5.75 Å². The number of hydrogen-bond acceptors (Lipinski definition) is 3. The van der Waals surface area contributed by atoms with Crippen molar-refractivity contribution < 1.29 is 9.84 Å². The van der Waals surface area contributed by atoms with Gasteiger partial charge in [0.05, 0.1) is 12.8 Å². The number of aryl methyl sites for hydroxylation is 1. The fourth-order valence-electron chi connectivity index (χ4n) is 2.54. The summed E-state index contributed by atoms with van der Waals surface area (Å²) in [7, 11) is 1.70. The molecular formula is C13H19NO2. The monoisotopic (exact) mass is 221 g/mol. The lowest BCUT2D eigenvalue weighted by atomic mass is 9.85. The number of rotatable bonds is 3. The second kappa shape index (κ2) is 4.74. The highest BCUT2D eigenvalue weighted by Crippen LogP contribution is 2.41. The van der Waals surface area contributed by atoms with E-state index < -0.39 is 0 Å². The third kappa shape index (κ3) is 1.87. The third-order valence-corrected chi connectivity index (χ3v) is 3.33. The molecule has 2 rings (SSSR count). The van der Waals surface area contributed by atoms with Crippen molar-refractivity contribution in [3.8, 4) is 5.75 Å². The number of nitrogens with one attached hydrogen (secondary N) is 1. The van der Waals surface area contributed by atoms with E-state index in [1.807, 2.05) is 6.07 Å². The molecule has 0 saturated carbocycles. The van der Waals surface area contributed by atoms with Crippen molar-refractivity contribution in [2.24, 2.45) is 0 Å². The van der Waals surface area contributed by atoms with Gasteiger partial charge < -0.3 is 15.2 Å². The van der Waals surface area contributed by atoms with Crippen LogP contribution in [0.5, 0.6) is 5.75 Å². The van der Waals surface area contributed by atoms with Crippen LogP contribution in [-0.2, 0) is 0 Å². The van der Waals surface area contributed by atoms with Gasteiger partial charge in [-0.15, -0.1) is 0 Å². The summed E-state index contributed by atoms with van der Waals surface area (Å²) in [5, 5.41) is 12.5. The van der Waals surface area contributed by atoms with Gasteiger partial charge in [-0.05, 0) is 42.9 Å². The third-order valence-electron chi connectivity index (χ3n) is 3.33. The number of aliphatic hydroxyl groups excluding tert-OH is 1. The average molecular weight is 221 g/mol. The zero-order valence-corrected chi connectivity index (χ0v) is 9.92. The van der Waals surface area contributed by atoms with Crippen molar-refractivity contribution in [3.63, 3.8) is 0 Å². The molecule has 1 atom stereocenters. The molecule has 3 nitrogen and oxygen atoms in total. The molecule has 0 spiro atoms. The molecule has 1 aliphatic rings. The Hall–Kier alpha value is -1.22. The van der Waals surface area contributed by atoms with E-state index in [1.165, 1.54) is 11.1 Å². The maximum Gasteiger partial charge on any atom is 0.142 e. The summed E-state index contributed by atoms with van der Waals surface area (Å²) in [6.45, 7) is 3.33. The van der Waals surface area contributed by atoms with E-state index in [1.54, 1.807) is 7.11 Å². The van der Waals surface area contributed by atoms with Crippen LogP contribution in [0.4, 0.5) is 5.69 Å². The second-order valence-corrected chi connectivity index (χ2v) is 4.30. The molecule has 1 aromatic rings. The molecular weight excluding hydrogens is 202 g/mol. The first kappa shape index (κ1) is 11.3. The lowest BCUT2D eigenvalue weighted by Gasteiger charge is -2.29. The van der Waals surface area contributed by atoms with Crippen LogP contribution in [-0.4, -0.2) is 25.4 Å². The van der Waals surface area contributed by atoms with E-state index in [4.69, 9.17) is 9.84 Å². The Balaban J connectivity index is 2.45. The van der Waals surface area contributed by atoms with Gasteiger partial charge in [0, 0.05) is 13.2 Å². The minimum atomic E-state index is 0.251. The number of methoxy groups -OCH3 is 1. The van der Waals surface area contributed by atoms with Gasteiger partial charge >= 0.3 is 0 Å². The Kier molecular flexibility index (Phi) is 3.34. The summed E-state index contributed by atoms with van der Waals surface area (Å²) in [5.41, 5.74) is 3.72. The van der Waals surface area contributed by atoms with Crippen LogP contribution in [0.25, 0.3) is 0 Å². The fraction of sp³-hybridized carbons (Fsp3) is 0.538. The van der Waals surface area contributed by atoms with E-state index in [0.29, 0.717) is 5.92 Å². The zero-order chi connectivity index (χ0) is 11.5. The Morgan fingerprint density at radius 3 is 3.00 bits per heavy atom. The number of anilines is 1. The first-order valence-corrected chi connectivity index (χ1v) is 5.80. The fourth-order valence-corrected chi connectivity index (χ4v) is 2.54. The molecule has 0 radical (unpaired) electrons. The predicted octanol–water partition coefficient (Wildman–Crippen LogP) is 2.29. The molecule has 1 aromatic carbocycles. The maximum atomic E-state index is 9.11. The molecule has 0 saturated heterocycles. The van der Waals surface area contributed by atoms with Gasteiger partial charge in [0.2, 0.25) is 0 Å². The van der Waals surface area contributed by atoms with E-state index in [2.05, 4.69) is 18.3 Å². The topological polar surface area (TPSA) is 41.5 Å². The zero-order valence-electron chi connectivity index (χ0n) is 9.92. The summed E-state index contributed by atoms with van der Waals surface area (Å²) >= 11 is 0. The Morgan fingerprint density at radius 2 is 2.31 bits per heavy atom. The summed E-state index contributed by atoms with van der Waals surface area (Å²) in [4.78, 5) is 0. The number of fused-ring (bicyclic) bond motifs is 1. The van der Waals surface area contributed by atoms with E-state index in [0.717, 1.165) is 30.8 Å². The lowest BCUT2D eigenvalue weighted by Crippen LogP contribution is -2.19. The van der Waals surface area contributed by atoms with E-state index in [-0.39, 0.29) is 6.61 Å². The van der Waals surface area contributed by atoms with Gasteiger partial charge in [-0.3, -0.25) is 0 Å². The molecule has 16 heavy (non-hydrogen) atoms. The molecule has 0 fully saturated rings. The van der Waals surface area contributed by atoms with Gasteiger partial charge in [-0.2, -0.15) is 0 Å². The molecule has 1 heterocycles. The van der Waals surface area contributed by atoms with Gasteiger partial charge in [0.25, 0.3) is 0 Å². The number of benzene rings is 1. The maximum absolute atomic E-state index is 9.11. The summed E-state index contributed by atoms with van der Waals surface area (Å²) in [6.07, 6.45) is 1.92. The van der Waals surface area contributed by atoms with Crippen LogP contribution < -0.4 is 10.1 Å². The minimum absolute atomic E-state index is 0.251. The molecule has 0 bridgehead atoms. The smallest absolute Gasteiger partial charge is 0.142 e. The Morgan fingerprint density at radius 1 is 1.50 bits per heavy atom. The van der Waals surface area contributed by atoms with Crippen molar-refractivity contribution in [1.29, 1.82) is 0 Å². The molecule has 2 N–H and O–H groups in total. The molecule has 3 heteroatoms. The largest absolute Gasteiger partial charge is 0.495 e. The van der Waals surface area contributed by atoms with Crippen molar-refractivity contribution >= 4 is 5.69 Å². The van der Waals surface area contributed by atoms with Crippen LogP contribution in [0.3, 0.4) is 0 Å². The molecule has 0 aliphatic carbocycles. The Bertz CT molecular complexity index is 376. The SMILES string of the molecule is COc1ccc(C)c2c1NCCC2CCO. The molecule has 1 unspecified atom stereocenters. The van der Waals surface area contributed by atoms with Crippen LogP contribution >= 0.6 is 0 Å². The number of aliphatic hydroxyl groups is 1. The average Bonchev–Trinajstić information content (AvgIpc) is 2.30. The van der Waals surface area contributed by atoms with E-state index in [9.17, 15) is 0 Å². The summed E-state index contributed by atoms with van der Waals surface area (Å²) < 4.78 is 5.37.